The quantitative estimate of drug-likeness (QED) is 0.624. The maximum atomic E-state index is 12.8. The molecular formula is C25H27N3O3. The Bertz CT molecular complexity index is 1070. The normalized spacial score (nSPS) is 18.6. The van der Waals surface area contributed by atoms with Crippen molar-refractivity contribution < 1.29 is 14.6 Å². The van der Waals surface area contributed by atoms with Crippen molar-refractivity contribution in [1.29, 1.82) is 0 Å². The predicted octanol–water partition coefficient (Wildman–Crippen LogP) is 3.44. The van der Waals surface area contributed by atoms with Crippen molar-refractivity contribution >= 4 is 12.0 Å². The maximum Gasteiger partial charge on any atom is 0.246 e. The molecule has 0 spiro atoms. The number of aromatic nitrogens is 2. The van der Waals surface area contributed by atoms with E-state index in [1.807, 2.05) is 59.0 Å². The number of nitrogens with zero attached hydrogens (tertiary/aromatic N) is 3. The van der Waals surface area contributed by atoms with Crippen molar-refractivity contribution in [2.45, 2.75) is 12.8 Å². The molecular weight excluding hydrogens is 390 g/mol. The highest BCUT2D eigenvalue weighted by Crippen LogP contribution is 2.32. The van der Waals surface area contributed by atoms with E-state index in [-0.39, 0.29) is 24.3 Å². The van der Waals surface area contributed by atoms with Gasteiger partial charge in [0, 0.05) is 43.8 Å². The SMILES string of the molecule is COc1cc(C=CC(=O)N2CC(CO)C(c3ccccc3)C2)ccc1-n1cnc(C)c1. The molecule has 1 aliphatic rings. The standard InChI is InChI=1S/C25H27N3O3/c1-18-13-28(17-26-18)23-10-8-19(12-24(23)31-2)9-11-25(30)27-14-21(16-29)22(15-27)20-6-4-3-5-7-20/h3-13,17,21-22,29H,14-16H2,1-2H3. The van der Waals surface area contributed by atoms with E-state index in [4.69, 9.17) is 4.74 Å². The van der Waals surface area contributed by atoms with Crippen molar-refractivity contribution in [3.05, 3.63) is 84.0 Å². The summed E-state index contributed by atoms with van der Waals surface area (Å²) in [5.41, 5.74) is 3.86. The zero-order chi connectivity index (χ0) is 21.8. The summed E-state index contributed by atoms with van der Waals surface area (Å²) in [4.78, 5) is 18.9. The molecule has 0 bridgehead atoms. The van der Waals surface area contributed by atoms with E-state index >= 15 is 0 Å². The van der Waals surface area contributed by atoms with E-state index in [2.05, 4.69) is 17.1 Å². The minimum absolute atomic E-state index is 0.0508. The highest BCUT2D eigenvalue weighted by Gasteiger charge is 2.34. The molecule has 1 N–H and O–H groups in total. The lowest BCUT2D eigenvalue weighted by Gasteiger charge is -2.15. The Kier molecular flexibility index (Phi) is 6.18. The second-order valence-electron chi connectivity index (χ2n) is 7.89. The number of aliphatic hydroxyl groups excluding tert-OH is 1. The van der Waals surface area contributed by atoms with Gasteiger partial charge in [0.2, 0.25) is 5.91 Å². The third-order valence-corrected chi connectivity index (χ3v) is 5.83. The number of likely N-dealkylation sites (tertiary alicyclic amines) is 1. The molecule has 3 aromatic rings. The summed E-state index contributed by atoms with van der Waals surface area (Å²) in [5.74, 6) is 0.863. The van der Waals surface area contributed by atoms with Gasteiger partial charge in [0.25, 0.3) is 0 Å². The molecule has 2 unspecified atom stereocenters. The molecule has 31 heavy (non-hydrogen) atoms. The first-order valence-corrected chi connectivity index (χ1v) is 10.4. The van der Waals surface area contributed by atoms with Crippen LogP contribution in [-0.4, -0.2) is 52.3 Å². The zero-order valence-electron chi connectivity index (χ0n) is 17.8. The molecule has 1 fully saturated rings. The third-order valence-electron chi connectivity index (χ3n) is 5.83. The van der Waals surface area contributed by atoms with Crippen molar-refractivity contribution in [3.63, 3.8) is 0 Å². The number of rotatable bonds is 6. The fourth-order valence-electron chi connectivity index (χ4n) is 4.15. The second-order valence-corrected chi connectivity index (χ2v) is 7.89. The number of carbonyl (C=O) groups excluding carboxylic acids is 1. The Morgan fingerprint density at radius 2 is 2.03 bits per heavy atom. The number of aliphatic hydroxyl groups is 1. The minimum atomic E-state index is -0.0508. The van der Waals surface area contributed by atoms with Crippen LogP contribution in [-0.2, 0) is 4.79 Å². The molecule has 4 rings (SSSR count). The van der Waals surface area contributed by atoms with Crippen LogP contribution in [0.4, 0.5) is 0 Å². The number of carbonyl (C=O) groups is 1. The van der Waals surface area contributed by atoms with Crippen LogP contribution < -0.4 is 4.74 Å². The summed E-state index contributed by atoms with van der Waals surface area (Å²) in [6, 6.07) is 15.9. The van der Waals surface area contributed by atoms with Crippen LogP contribution in [0.25, 0.3) is 11.8 Å². The monoisotopic (exact) mass is 417 g/mol. The predicted molar refractivity (Wildman–Crippen MR) is 120 cm³/mol. The summed E-state index contributed by atoms with van der Waals surface area (Å²) in [6.07, 6.45) is 7.08. The van der Waals surface area contributed by atoms with Crippen LogP contribution in [0.2, 0.25) is 0 Å². The van der Waals surface area contributed by atoms with Gasteiger partial charge in [0.15, 0.2) is 0 Å². The summed E-state index contributed by atoms with van der Waals surface area (Å²) in [7, 11) is 1.63. The van der Waals surface area contributed by atoms with Crippen LogP contribution in [0.15, 0.2) is 67.1 Å². The Balaban J connectivity index is 1.48. The van der Waals surface area contributed by atoms with E-state index in [0.29, 0.717) is 18.8 Å². The van der Waals surface area contributed by atoms with E-state index in [0.717, 1.165) is 22.5 Å². The summed E-state index contributed by atoms with van der Waals surface area (Å²) >= 11 is 0. The Morgan fingerprint density at radius 3 is 2.71 bits per heavy atom. The molecule has 0 radical (unpaired) electrons. The minimum Gasteiger partial charge on any atom is -0.495 e. The van der Waals surface area contributed by atoms with Gasteiger partial charge in [0.1, 0.15) is 5.75 Å². The van der Waals surface area contributed by atoms with E-state index in [1.54, 1.807) is 25.6 Å². The Labute approximate surface area is 182 Å². The van der Waals surface area contributed by atoms with Crippen LogP contribution in [0.5, 0.6) is 5.75 Å². The number of hydrogen-bond donors (Lipinski definition) is 1. The topological polar surface area (TPSA) is 67.6 Å². The van der Waals surface area contributed by atoms with Gasteiger partial charge in [-0.1, -0.05) is 36.4 Å². The smallest absolute Gasteiger partial charge is 0.246 e. The van der Waals surface area contributed by atoms with Crippen molar-refractivity contribution in [3.8, 4) is 11.4 Å². The second kappa shape index (κ2) is 9.18. The lowest BCUT2D eigenvalue weighted by molar-refractivity contribution is -0.125. The average Bonchev–Trinajstić information content (AvgIpc) is 3.44. The molecule has 2 atom stereocenters. The first-order chi connectivity index (χ1) is 15.1. The number of amides is 1. The van der Waals surface area contributed by atoms with Gasteiger partial charge in [-0.3, -0.25) is 4.79 Å². The Hall–Kier alpha value is -3.38. The van der Waals surface area contributed by atoms with Crippen LogP contribution >= 0.6 is 0 Å². The maximum absolute atomic E-state index is 12.8. The van der Waals surface area contributed by atoms with Crippen molar-refractivity contribution in [2.24, 2.45) is 5.92 Å². The fraction of sp³-hybridized carbons (Fsp3) is 0.280. The number of hydrogen-bond acceptors (Lipinski definition) is 4. The van der Waals surface area contributed by atoms with Gasteiger partial charge in [-0.05, 0) is 36.3 Å². The molecule has 6 nitrogen and oxygen atoms in total. The fourth-order valence-corrected chi connectivity index (χ4v) is 4.15. The lowest BCUT2D eigenvalue weighted by atomic mass is 9.90. The molecule has 0 aliphatic carbocycles. The lowest BCUT2D eigenvalue weighted by Crippen LogP contribution is -2.27. The highest BCUT2D eigenvalue weighted by molar-refractivity contribution is 5.92. The molecule has 1 aromatic heterocycles. The third kappa shape index (κ3) is 4.54. The number of methoxy groups -OCH3 is 1. The van der Waals surface area contributed by atoms with Crippen LogP contribution in [0, 0.1) is 12.8 Å². The molecule has 1 amide bonds. The summed E-state index contributed by atoms with van der Waals surface area (Å²) < 4.78 is 7.45. The number of imidazole rings is 1. The van der Waals surface area contributed by atoms with Gasteiger partial charge >= 0.3 is 0 Å². The van der Waals surface area contributed by atoms with Gasteiger partial charge in [0.05, 0.1) is 24.8 Å². The molecule has 160 valence electrons. The van der Waals surface area contributed by atoms with E-state index < -0.39 is 0 Å². The van der Waals surface area contributed by atoms with Gasteiger partial charge in [-0.2, -0.15) is 0 Å². The molecule has 6 heteroatoms. The summed E-state index contributed by atoms with van der Waals surface area (Å²) in [6.45, 7) is 3.18. The molecule has 0 saturated carbocycles. The number of benzene rings is 2. The first-order valence-electron chi connectivity index (χ1n) is 10.4. The largest absolute Gasteiger partial charge is 0.495 e. The van der Waals surface area contributed by atoms with Gasteiger partial charge in [-0.15, -0.1) is 0 Å². The van der Waals surface area contributed by atoms with Crippen LogP contribution in [0.3, 0.4) is 0 Å². The summed E-state index contributed by atoms with van der Waals surface area (Å²) in [5, 5.41) is 9.81. The van der Waals surface area contributed by atoms with Gasteiger partial charge < -0.3 is 19.3 Å². The highest BCUT2D eigenvalue weighted by atomic mass is 16.5. The van der Waals surface area contributed by atoms with Crippen molar-refractivity contribution in [1.82, 2.24) is 14.5 Å². The number of ether oxygens (including phenoxy) is 1. The molecule has 1 aliphatic heterocycles. The number of aryl methyl sites for hydroxylation is 1. The molecule has 2 heterocycles. The van der Waals surface area contributed by atoms with Crippen LogP contribution in [0.1, 0.15) is 22.7 Å². The molecule has 1 saturated heterocycles. The molecule has 2 aromatic carbocycles. The first kappa shape index (κ1) is 20.9. The zero-order valence-corrected chi connectivity index (χ0v) is 17.8. The average molecular weight is 418 g/mol. The van der Waals surface area contributed by atoms with E-state index in [9.17, 15) is 9.90 Å². The van der Waals surface area contributed by atoms with Gasteiger partial charge in [-0.25, -0.2) is 4.98 Å². The van der Waals surface area contributed by atoms with E-state index in [1.165, 1.54) is 0 Å². The van der Waals surface area contributed by atoms with Crippen molar-refractivity contribution in [2.75, 3.05) is 26.8 Å². The Morgan fingerprint density at radius 1 is 1.23 bits per heavy atom.